The number of hydrogen-bond acceptors (Lipinski definition) is 2. The van der Waals surface area contributed by atoms with Crippen molar-refractivity contribution in [1.82, 2.24) is 5.32 Å². The molecule has 0 aliphatic rings. The summed E-state index contributed by atoms with van der Waals surface area (Å²) in [7, 11) is 0. The molecular formula is C15H23NO2. The maximum absolute atomic E-state index is 11.6. The molecule has 100 valence electrons. The molecular weight excluding hydrogens is 226 g/mol. The first kappa shape index (κ1) is 14.6. The van der Waals surface area contributed by atoms with Crippen LogP contribution in [0, 0.1) is 0 Å². The molecule has 0 radical (unpaired) electrons. The van der Waals surface area contributed by atoms with Gasteiger partial charge in [0.05, 0.1) is 6.61 Å². The third kappa shape index (κ3) is 6.28. The Labute approximate surface area is 110 Å². The Hall–Kier alpha value is -1.51. The third-order valence-corrected chi connectivity index (χ3v) is 2.69. The van der Waals surface area contributed by atoms with Crippen molar-refractivity contribution in [2.24, 2.45) is 0 Å². The Balaban J connectivity index is 2.09. The van der Waals surface area contributed by atoms with E-state index in [2.05, 4.69) is 12.2 Å². The largest absolute Gasteiger partial charge is 0.494 e. The van der Waals surface area contributed by atoms with Gasteiger partial charge in [0.1, 0.15) is 5.75 Å². The Bertz CT molecular complexity index is 338. The van der Waals surface area contributed by atoms with E-state index in [1.807, 2.05) is 37.3 Å². The molecule has 0 saturated carbocycles. The topological polar surface area (TPSA) is 38.3 Å². The quantitative estimate of drug-likeness (QED) is 0.719. The molecule has 0 spiro atoms. The van der Waals surface area contributed by atoms with Gasteiger partial charge in [0.2, 0.25) is 5.91 Å². The second-order valence-corrected chi connectivity index (χ2v) is 4.52. The normalized spacial score (nSPS) is 11.9. The van der Waals surface area contributed by atoms with Crippen LogP contribution in [0.4, 0.5) is 0 Å². The van der Waals surface area contributed by atoms with E-state index in [0.717, 1.165) is 25.0 Å². The van der Waals surface area contributed by atoms with Crippen molar-refractivity contribution in [1.29, 1.82) is 0 Å². The van der Waals surface area contributed by atoms with Crippen LogP contribution in [0.15, 0.2) is 30.3 Å². The van der Waals surface area contributed by atoms with E-state index in [-0.39, 0.29) is 11.9 Å². The number of nitrogens with one attached hydrogen (secondary N) is 1. The van der Waals surface area contributed by atoms with Crippen molar-refractivity contribution < 1.29 is 9.53 Å². The van der Waals surface area contributed by atoms with Crippen molar-refractivity contribution in [3.05, 3.63) is 30.3 Å². The molecule has 1 atom stereocenters. The minimum Gasteiger partial charge on any atom is -0.494 e. The van der Waals surface area contributed by atoms with Crippen LogP contribution in [0.1, 0.15) is 39.5 Å². The van der Waals surface area contributed by atoms with E-state index in [0.29, 0.717) is 13.0 Å². The molecule has 0 aliphatic heterocycles. The van der Waals surface area contributed by atoms with E-state index >= 15 is 0 Å². The zero-order chi connectivity index (χ0) is 13.2. The Kier molecular flexibility index (Phi) is 6.92. The van der Waals surface area contributed by atoms with Crippen LogP contribution in [0.3, 0.4) is 0 Å². The summed E-state index contributed by atoms with van der Waals surface area (Å²) in [5.74, 6) is 0.977. The number of rotatable bonds is 8. The van der Waals surface area contributed by atoms with E-state index in [1.165, 1.54) is 0 Å². The highest BCUT2D eigenvalue weighted by Gasteiger charge is 2.05. The Morgan fingerprint density at radius 3 is 2.72 bits per heavy atom. The Morgan fingerprint density at radius 2 is 2.06 bits per heavy atom. The van der Waals surface area contributed by atoms with Gasteiger partial charge >= 0.3 is 0 Å². The average Bonchev–Trinajstić information content (AvgIpc) is 2.36. The van der Waals surface area contributed by atoms with E-state index in [4.69, 9.17) is 4.74 Å². The summed E-state index contributed by atoms with van der Waals surface area (Å²) in [6.07, 6.45) is 3.41. The number of hydrogen-bond donors (Lipinski definition) is 1. The molecule has 1 aromatic rings. The number of para-hydroxylation sites is 1. The van der Waals surface area contributed by atoms with Crippen LogP contribution in [0.25, 0.3) is 0 Å². The van der Waals surface area contributed by atoms with Gasteiger partial charge in [-0.3, -0.25) is 4.79 Å². The first-order valence-corrected chi connectivity index (χ1v) is 6.69. The van der Waals surface area contributed by atoms with E-state index in [9.17, 15) is 4.79 Å². The van der Waals surface area contributed by atoms with Crippen molar-refractivity contribution in [2.75, 3.05) is 6.61 Å². The molecule has 3 nitrogen and oxygen atoms in total. The second kappa shape index (κ2) is 8.56. The summed E-state index contributed by atoms with van der Waals surface area (Å²) in [6, 6.07) is 9.95. The van der Waals surface area contributed by atoms with Gasteiger partial charge in [0, 0.05) is 12.5 Å². The lowest BCUT2D eigenvalue weighted by Crippen LogP contribution is -2.32. The number of benzene rings is 1. The standard InChI is InChI=1S/C15H23NO2/c1-3-8-13(2)16-15(17)11-7-12-18-14-9-5-4-6-10-14/h4-6,9-10,13H,3,7-8,11-12H2,1-2H3,(H,16,17)/t13-/m0/s1. The minimum atomic E-state index is 0.118. The predicted octanol–water partition coefficient (Wildman–Crippen LogP) is 3.15. The van der Waals surface area contributed by atoms with Crippen LogP contribution < -0.4 is 10.1 Å². The molecule has 0 fully saturated rings. The highest BCUT2D eigenvalue weighted by atomic mass is 16.5. The molecule has 0 heterocycles. The molecule has 0 unspecified atom stereocenters. The smallest absolute Gasteiger partial charge is 0.220 e. The molecule has 1 amide bonds. The van der Waals surface area contributed by atoms with Crippen molar-refractivity contribution in [3.63, 3.8) is 0 Å². The maximum Gasteiger partial charge on any atom is 0.220 e. The molecule has 1 rings (SSSR count). The van der Waals surface area contributed by atoms with Crippen LogP contribution in [-0.4, -0.2) is 18.6 Å². The number of carbonyl (C=O) groups excluding carboxylic acids is 1. The zero-order valence-corrected chi connectivity index (χ0v) is 11.3. The summed E-state index contributed by atoms with van der Waals surface area (Å²) in [6.45, 7) is 4.75. The molecule has 18 heavy (non-hydrogen) atoms. The fourth-order valence-corrected chi connectivity index (χ4v) is 1.79. The molecule has 1 aromatic carbocycles. The van der Waals surface area contributed by atoms with Gasteiger partial charge in [0.25, 0.3) is 0 Å². The molecule has 0 aromatic heterocycles. The summed E-state index contributed by atoms with van der Waals surface area (Å²) < 4.78 is 5.53. The van der Waals surface area contributed by atoms with Crippen LogP contribution in [-0.2, 0) is 4.79 Å². The first-order valence-electron chi connectivity index (χ1n) is 6.69. The predicted molar refractivity (Wildman–Crippen MR) is 73.7 cm³/mol. The summed E-state index contributed by atoms with van der Waals surface area (Å²) in [4.78, 5) is 11.6. The number of amides is 1. The fraction of sp³-hybridized carbons (Fsp3) is 0.533. The Morgan fingerprint density at radius 1 is 1.33 bits per heavy atom. The van der Waals surface area contributed by atoms with Gasteiger partial charge in [-0.25, -0.2) is 0 Å². The SMILES string of the molecule is CCC[C@H](C)NC(=O)CCCOc1ccccc1. The molecule has 3 heteroatoms. The first-order chi connectivity index (χ1) is 8.72. The van der Waals surface area contributed by atoms with Crippen LogP contribution in [0.5, 0.6) is 5.75 Å². The highest BCUT2D eigenvalue weighted by Crippen LogP contribution is 2.08. The van der Waals surface area contributed by atoms with Gasteiger partial charge in [-0.05, 0) is 31.9 Å². The van der Waals surface area contributed by atoms with E-state index in [1.54, 1.807) is 0 Å². The van der Waals surface area contributed by atoms with E-state index < -0.39 is 0 Å². The molecule has 1 N–H and O–H groups in total. The van der Waals surface area contributed by atoms with Gasteiger partial charge < -0.3 is 10.1 Å². The second-order valence-electron chi connectivity index (χ2n) is 4.52. The van der Waals surface area contributed by atoms with Crippen LogP contribution >= 0.6 is 0 Å². The van der Waals surface area contributed by atoms with Crippen molar-refractivity contribution >= 4 is 5.91 Å². The number of carbonyl (C=O) groups is 1. The molecule has 0 aliphatic carbocycles. The maximum atomic E-state index is 11.6. The van der Waals surface area contributed by atoms with Gasteiger partial charge in [-0.2, -0.15) is 0 Å². The highest BCUT2D eigenvalue weighted by molar-refractivity contribution is 5.76. The lowest BCUT2D eigenvalue weighted by Gasteiger charge is -2.12. The lowest BCUT2D eigenvalue weighted by molar-refractivity contribution is -0.121. The molecule has 0 saturated heterocycles. The number of ether oxygens (including phenoxy) is 1. The van der Waals surface area contributed by atoms with Crippen molar-refractivity contribution in [2.45, 2.75) is 45.6 Å². The lowest BCUT2D eigenvalue weighted by atomic mass is 10.2. The minimum absolute atomic E-state index is 0.118. The third-order valence-electron chi connectivity index (χ3n) is 2.69. The molecule has 0 bridgehead atoms. The fourth-order valence-electron chi connectivity index (χ4n) is 1.79. The summed E-state index contributed by atoms with van der Waals surface area (Å²) >= 11 is 0. The zero-order valence-electron chi connectivity index (χ0n) is 11.3. The van der Waals surface area contributed by atoms with Gasteiger partial charge in [0.15, 0.2) is 0 Å². The van der Waals surface area contributed by atoms with Crippen LogP contribution in [0.2, 0.25) is 0 Å². The van der Waals surface area contributed by atoms with Crippen molar-refractivity contribution in [3.8, 4) is 5.75 Å². The summed E-state index contributed by atoms with van der Waals surface area (Å²) in [5, 5.41) is 2.98. The summed E-state index contributed by atoms with van der Waals surface area (Å²) in [5.41, 5.74) is 0. The monoisotopic (exact) mass is 249 g/mol. The van der Waals surface area contributed by atoms with Gasteiger partial charge in [-0.1, -0.05) is 31.5 Å². The average molecular weight is 249 g/mol. The van der Waals surface area contributed by atoms with Gasteiger partial charge in [-0.15, -0.1) is 0 Å².